The normalized spacial score (nSPS) is 23.6. The molecule has 1 aromatic rings. The van der Waals surface area contributed by atoms with Crippen LogP contribution in [0.15, 0.2) is 24.3 Å². The van der Waals surface area contributed by atoms with Gasteiger partial charge in [-0.2, -0.15) is 0 Å². The summed E-state index contributed by atoms with van der Waals surface area (Å²) in [4.78, 5) is 10.7. The second kappa shape index (κ2) is 4.31. The molecule has 2 rings (SSSR count). The summed E-state index contributed by atoms with van der Waals surface area (Å²) in [6.07, 6.45) is 1.44. The van der Waals surface area contributed by atoms with Crippen LogP contribution in [-0.4, -0.2) is 22.3 Å². The highest BCUT2D eigenvalue weighted by Crippen LogP contribution is 2.39. The average Bonchev–Trinajstić information content (AvgIpc) is 2.15. The van der Waals surface area contributed by atoms with Crippen molar-refractivity contribution in [1.29, 1.82) is 0 Å². The fourth-order valence-electron chi connectivity index (χ4n) is 2.00. The largest absolute Gasteiger partial charge is 0.350 e. The number of carbonyl (C=O) groups excluding carboxylic acids is 1. The molecule has 0 heterocycles. The number of nitrogens with zero attached hydrogens (tertiary/aromatic N) is 1. The van der Waals surface area contributed by atoms with Crippen LogP contribution < -0.4 is 5.73 Å². The second-order valence-corrected chi connectivity index (χ2v) is 4.50. The van der Waals surface area contributed by atoms with Gasteiger partial charge in [0.15, 0.2) is 0 Å². The molecule has 0 atom stereocenters. The van der Waals surface area contributed by atoms with Crippen molar-refractivity contribution in [1.82, 2.24) is 5.06 Å². The zero-order valence-corrected chi connectivity index (χ0v) is 9.39. The topological polar surface area (TPSA) is 66.6 Å². The molecule has 0 aliphatic heterocycles. The van der Waals surface area contributed by atoms with Gasteiger partial charge in [0.25, 0.3) is 0 Å². The van der Waals surface area contributed by atoms with Crippen molar-refractivity contribution >= 4 is 17.6 Å². The van der Waals surface area contributed by atoms with Crippen molar-refractivity contribution in [2.75, 3.05) is 0 Å². The number of halogens is 1. The van der Waals surface area contributed by atoms with Gasteiger partial charge in [-0.1, -0.05) is 23.7 Å². The molecular formula is C11H13ClN2O2. The Bertz CT molecular complexity index is 405. The molecule has 5 heteroatoms. The van der Waals surface area contributed by atoms with Gasteiger partial charge in [-0.05, 0) is 36.5 Å². The zero-order chi connectivity index (χ0) is 11.7. The molecule has 0 spiro atoms. The summed E-state index contributed by atoms with van der Waals surface area (Å²) < 4.78 is 0. The predicted octanol–water partition coefficient (Wildman–Crippen LogP) is 2.36. The summed E-state index contributed by atoms with van der Waals surface area (Å²) in [6, 6.07) is 6.67. The van der Waals surface area contributed by atoms with Crippen molar-refractivity contribution in [3.05, 3.63) is 34.9 Å². The van der Waals surface area contributed by atoms with Crippen molar-refractivity contribution in [2.24, 2.45) is 5.73 Å². The lowest BCUT2D eigenvalue weighted by atomic mass is 9.76. The monoisotopic (exact) mass is 240 g/mol. The molecule has 0 unspecified atom stereocenters. The molecule has 86 valence electrons. The molecule has 1 aliphatic rings. The van der Waals surface area contributed by atoms with E-state index in [1.54, 1.807) is 0 Å². The fourth-order valence-corrected chi connectivity index (χ4v) is 2.20. The molecule has 2 amide bonds. The third-order valence-electron chi connectivity index (χ3n) is 3.00. The van der Waals surface area contributed by atoms with Crippen molar-refractivity contribution < 1.29 is 10.0 Å². The maximum atomic E-state index is 10.7. The summed E-state index contributed by atoms with van der Waals surface area (Å²) in [6.45, 7) is 0. The first-order valence-corrected chi connectivity index (χ1v) is 5.48. The molecule has 16 heavy (non-hydrogen) atoms. The van der Waals surface area contributed by atoms with E-state index in [4.69, 9.17) is 17.3 Å². The Balaban J connectivity index is 1.96. The number of hydrogen-bond donors (Lipinski definition) is 2. The van der Waals surface area contributed by atoms with Gasteiger partial charge in [0, 0.05) is 5.02 Å². The SMILES string of the molecule is NC(=O)N(O)[C@H]1C[C@H](c2cccc(Cl)c2)C1. The number of carbonyl (C=O) groups is 1. The lowest BCUT2D eigenvalue weighted by molar-refractivity contribution is -0.102. The predicted molar refractivity (Wildman–Crippen MR) is 60.4 cm³/mol. The van der Waals surface area contributed by atoms with Gasteiger partial charge in [0.05, 0.1) is 6.04 Å². The van der Waals surface area contributed by atoms with E-state index >= 15 is 0 Å². The van der Waals surface area contributed by atoms with Crippen molar-refractivity contribution in [3.63, 3.8) is 0 Å². The summed E-state index contributed by atoms with van der Waals surface area (Å²) in [5, 5.41) is 10.6. The van der Waals surface area contributed by atoms with Crippen LogP contribution >= 0.6 is 11.6 Å². The Hall–Kier alpha value is -1.26. The van der Waals surface area contributed by atoms with Crippen LogP contribution in [0.2, 0.25) is 5.02 Å². The number of nitrogens with two attached hydrogens (primary N) is 1. The first kappa shape index (κ1) is 11.2. The van der Waals surface area contributed by atoms with E-state index in [0.29, 0.717) is 16.0 Å². The first-order chi connectivity index (χ1) is 7.58. The van der Waals surface area contributed by atoms with Crippen LogP contribution in [-0.2, 0) is 0 Å². The van der Waals surface area contributed by atoms with Crippen LogP contribution in [0.25, 0.3) is 0 Å². The van der Waals surface area contributed by atoms with Gasteiger partial charge in [0.2, 0.25) is 0 Å². The smallest absolute Gasteiger partial charge is 0.338 e. The standard InChI is InChI=1S/C11H13ClN2O2/c12-9-3-1-2-7(4-9)8-5-10(6-8)14(16)11(13)15/h1-4,8,10,16H,5-6H2,(H2,13,15)/t8-,10-. The fraction of sp³-hybridized carbons (Fsp3) is 0.364. The van der Waals surface area contributed by atoms with Gasteiger partial charge in [-0.3, -0.25) is 5.21 Å². The van der Waals surface area contributed by atoms with E-state index in [1.165, 1.54) is 0 Å². The van der Waals surface area contributed by atoms with E-state index in [9.17, 15) is 10.0 Å². The van der Waals surface area contributed by atoms with E-state index in [0.717, 1.165) is 18.4 Å². The van der Waals surface area contributed by atoms with E-state index in [1.807, 2.05) is 24.3 Å². The Morgan fingerprint density at radius 2 is 2.19 bits per heavy atom. The molecule has 0 radical (unpaired) electrons. The van der Waals surface area contributed by atoms with Gasteiger partial charge >= 0.3 is 6.03 Å². The Kier molecular flexibility index (Phi) is 3.03. The molecule has 1 saturated carbocycles. The van der Waals surface area contributed by atoms with Crippen LogP contribution in [0.1, 0.15) is 24.3 Å². The maximum Gasteiger partial charge on any atom is 0.338 e. The lowest BCUT2D eigenvalue weighted by Gasteiger charge is -2.39. The molecule has 1 aliphatic carbocycles. The van der Waals surface area contributed by atoms with Crippen LogP contribution in [0.3, 0.4) is 0 Å². The third-order valence-corrected chi connectivity index (χ3v) is 3.24. The molecule has 1 fully saturated rings. The third kappa shape index (κ3) is 2.13. The molecule has 4 nitrogen and oxygen atoms in total. The summed E-state index contributed by atoms with van der Waals surface area (Å²) in [5.74, 6) is 0.345. The van der Waals surface area contributed by atoms with Gasteiger partial charge in [-0.25, -0.2) is 9.86 Å². The van der Waals surface area contributed by atoms with Crippen molar-refractivity contribution in [2.45, 2.75) is 24.8 Å². The Labute approximate surface area is 98.6 Å². The highest BCUT2D eigenvalue weighted by Gasteiger charge is 2.35. The quantitative estimate of drug-likeness (QED) is 0.616. The lowest BCUT2D eigenvalue weighted by Crippen LogP contribution is -2.47. The van der Waals surface area contributed by atoms with E-state index < -0.39 is 6.03 Å². The average molecular weight is 241 g/mol. The number of primary amides is 1. The Morgan fingerprint density at radius 3 is 2.75 bits per heavy atom. The van der Waals surface area contributed by atoms with Crippen molar-refractivity contribution in [3.8, 4) is 0 Å². The molecule has 0 bridgehead atoms. The first-order valence-electron chi connectivity index (χ1n) is 5.11. The summed E-state index contributed by atoms with van der Waals surface area (Å²) in [7, 11) is 0. The van der Waals surface area contributed by atoms with Gasteiger partial charge in [-0.15, -0.1) is 0 Å². The minimum atomic E-state index is -0.797. The van der Waals surface area contributed by atoms with Crippen LogP contribution in [0, 0.1) is 0 Å². The number of hydroxylamine groups is 2. The summed E-state index contributed by atoms with van der Waals surface area (Å²) >= 11 is 5.89. The number of amides is 2. The Morgan fingerprint density at radius 1 is 1.50 bits per heavy atom. The molecule has 0 saturated heterocycles. The number of rotatable bonds is 2. The molecule has 3 N–H and O–H groups in total. The minimum absolute atomic E-state index is 0.165. The highest BCUT2D eigenvalue weighted by atomic mass is 35.5. The summed E-state index contributed by atoms with van der Waals surface area (Å²) in [5.41, 5.74) is 6.11. The van der Waals surface area contributed by atoms with E-state index in [2.05, 4.69) is 0 Å². The molecule has 0 aromatic heterocycles. The number of urea groups is 1. The number of hydrogen-bond acceptors (Lipinski definition) is 2. The zero-order valence-electron chi connectivity index (χ0n) is 8.64. The highest BCUT2D eigenvalue weighted by molar-refractivity contribution is 6.30. The van der Waals surface area contributed by atoms with E-state index in [-0.39, 0.29) is 6.04 Å². The van der Waals surface area contributed by atoms with Gasteiger partial charge < -0.3 is 5.73 Å². The molecule has 1 aromatic carbocycles. The van der Waals surface area contributed by atoms with Crippen LogP contribution in [0.4, 0.5) is 4.79 Å². The minimum Gasteiger partial charge on any atom is -0.350 e. The maximum absolute atomic E-state index is 10.7. The number of benzene rings is 1. The van der Waals surface area contributed by atoms with Gasteiger partial charge in [0.1, 0.15) is 0 Å². The van der Waals surface area contributed by atoms with Crippen LogP contribution in [0.5, 0.6) is 0 Å². The molecular weight excluding hydrogens is 228 g/mol. The second-order valence-electron chi connectivity index (χ2n) is 4.06.